The smallest absolute Gasteiger partial charge is 0.224 e. The Morgan fingerprint density at radius 1 is 1.12 bits per heavy atom. The summed E-state index contributed by atoms with van der Waals surface area (Å²) in [6.07, 6.45) is 3.52. The summed E-state index contributed by atoms with van der Waals surface area (Å²) in [5.74, 6) is 0. The van der Waals surface area contributed by atoms with Crippen LogP contribution in [0.4, 0.5) is 0 Å². The van der Waals surface area contributed by atoms with Crippen LogP contribution in [0.15, 0.2) is 42.7 Å². The Morgan fingerprint density at radius 2 is 1.85 bits per heavy atom. The van der Waals surface area contributed by atoms with Crippen molar-refractivity contribution in [3.05, 3.63) is 64.2 Å². The second kappa shape index (κ2) is 6.30. The van der Waals surface area contributed by atoms with Gasteiger partial charge < -0.3 is 9.13 Å². The van der Waals surface area contributed by atoms with Crippen LogP contribution in [-0.4, -0.2) is 23.7 Å². The Hall–Kier alpha value is -2.57. The SMILES string of the molecule is Cn1cc(Cl)cc1-c1ccc(Cn2c(=N)n(C)c3cnc(Cl)nc32)cc1. The maximum atomic E-state index is 8.35. The summed E-state index contributed by atoms with van der Waals surface area (Å²) in [5.41, 5.74) is 4.97. The number of nitrogens with zero attached hydrogens (tertiary/aromatic N) is 5. The van der Waals surface area contributed by atoms with Crippen LogP contribution < -0.4 is 5.62 Å². The molecule has 3 heterocycles. The molecule has 4 rings (SSSR count). The highest BCUT2D eigenvalue weighted by molar-refractivity contribution is 6.30. The molecule has 0 fully saturated rings. The molecule has 0 aliphatic carbocycles. The summed E-state index contributed by atoms with van der Waals surface area (Å²) < 4.78 is 5.56. The molecule has 26 heavy (non-hydrogen) atoms. The van der Waals surface area contributed by atoms with Gasteiger partial charge >= 0.3 is 0 Å². The molecule has 1 aromatic carbocycles. The minimum absolute atomic E-state index is 0.174. The molecule has 0 aliphatic rings. The van der Waals surface area contributed by atoms with Crippen LogP contribution in [0.25, 0.3) is 22.4 Å². The van der Waals surface area contributed by atoms with Crippen LogP contribution in [0.5, 0.6) is 0 Å². The van der Waals surface area contributed by atoms with Crippen LogP contribution in [0, 0.1) is 5.41 Å². The van der Waals surface area contributed by atoms with E-state index in [4.69, 9.17) is 28.6 Å². The van der Waals surface area contributed by atoms with Crippen molar-refractivity contribution in [3.8, 4) is 11.3 Å². The molecule has 0 aliphatic heterocycles. The molecule has 0 saturated heterocycles. The molecule has 8 heteroatoms. The normalized spacial score (nSPS) is 11.4. The van der Waals surface area contributed by atoms with Crippen LogP contribution in [0.3, 0.4) is 0 Å². The summed E-state index contributed by atoms with van der Waals surface area (Å²) in [4.78, 5) is 8.30. The van der Waals surface area contributed by atoms with Gasteiger partial charge in [-0.2, -0.15) is 4.98 Å². The molecular formula is C18H16Cl2N6. The highest BCUT2D eigenvalue weighted by Gasteiger charge is 2.12. The van der Waals surface area contributed by atoms with Crippen molar-refractivity contribution < 1.29 is 0 Å². The third-order valence-electron chi connectivity index (χ3n) is 4.47. The first-order valence-corrected chi connectivity index (χ1v) is 8.73. The van der Waals surface area contributed by atoms with E-state index in [0.717, 1.165) is 22.3 Å². The zero-order chi connectivity index (χ0) is 18.4. The number of aromatic nitrogens is 5. The lowest BCUT2D eigenvalue weighted by Crippen LogP contribution is -2.23. The van der Waals surface area contributed by atoms with Crippen LogP contribution in [-0.2, 0) is 20.6 Å². The standard InChI is InChI=1S/C18H16Cl2N6/c1-24-10-13(19)7-14(24)12-5-3-11(4-6-12)9-26-16-15(25(2)18(26)21)8-22-17(20)23-16/h3-8,10,21H,9H2,1-2H3. The van der Waals surface area contributed by atoms with E-state index in [9.17, 15) is 0 Å². The van der Waals surface area contributed by atoms with Gasteiger partial charge in [-0.15, -0.1) is 0 Å². The average Bonchev–Trinajstić information content (AvgIpc) is 3.07. The number of hydrogen-bond donors (Lipinski definition) is 1. The molecule has 0 bridgehead atoms. The summed E-state index contributed by atoms with van der Waals surface area (Å²) >= 11 is 12.0. The Labute approximate surface area is 159 Å². The average molecular weight is 387 g/mol. The van der Waals surface area contributed by atoms with Crippen molar-refractivity contribution in [1.82, 2.24) is 23.7 Å². The second-order valence-electron chi connectivity index (χ2n) is 6.17. The number of halogens is 2. The van der Waals surface area contributed by atoms with Crippen molar-refractivity contribution in [2.45, 2.75) is 6.54 Å². The lowest BCUT2D eigenvalue weighted by atomic mass is 10.1. The number of imidazole rings is 1. The Bertz CT molecular complexity index is 1170. The van der Waals surface area contributed by atoms with E-state index in [-0.39, 0.29) is 5.28 Å². The molecule has 3 aromatic heterocycles. The third kappa shape index (κ3) is 2.81. The number of benzene rings is 1. The van der Waals surface area contributed by atoms with Crippen molar-refractivity contribution >= 4 is 34.4 Å². The van der Waals surface area contributed by atoms with Gasteiger partial charge in [0, 0.05) is 26.0 Å². The predicted molar refractivity (Wildman–Crippen MR) is 102 cm³/mol. The molecule has 0 radical (unpaired) electrons. The summed E-state index contributed by atoms with van der Waals surface area (Å²) in [7, 11) is 3.79. The van der Waals surface area contributed by atoms with Crippen molar-refractivity contribution in [2.75, 3.05) is 0 Å². The van der Waals surface area contributed by atoms with E-state index in [2.05, 4.69) is 22.1 Å². The molecule has 0 saturated carbocycles. The van der Waals surface area contributed by atoms with Crippen molar-refractivity contribution in [3.63, 3.8) is 0 Å². The zero-order valence-corrected chi connectivity index (χ0v) is 15.8. The minimum Gasteiger partial charge on any atom is -0.349 e. The molecular weight excluding hydrogens is 371 g/mol. The second-order valence-corrected chi connectivity index (χ2v) is 6.94. The fourth-order valence-electron chi connectivity index (χ4n) is 3.10. The summed E-state index contributed by atoms with van der Waals surface area (Å²) in [6, 6.07) is 10.1. The van der Waals surface area contributed by atoms with E-state index in [0.29, 0.717) is 22.8 Å². The monoisotopic (exact) mass is 386 g/mol. The molecule has 1 N–H and O–H groups in total. The highest BCUT2D eigenvalue weighted by atomic mass is 35.5. The van der Waals surface area contributed by atoms with Gasteiger partial charge in [-0.05, 0) is 28.8 Å². The van der Waals surface area contributed by atoms with Gasteiger partial charge in [0.05, 0.1) is 17.8 Å². The molecule has 132 valence electrons. The van der Waals surface area contributed by atoms with Gasteiger partial charge in [-0.1, -0.05) is 35.9 Å². The molecule has 0 atom stereocenters. The highest BCUT2D eigenvalue weighted by Crippen LogP contribution is 2.24. The lowest BCUT2D eigenvalue weighted by Gasteiger charge is -2.07. The molecule has 0 amide bonds. The maximum absolute atomic E-state index is 8.35. The largest absolute Gasteiger partial charge is 0.349 e. The van der Waals surface area contributed by atoms with Gasteiger partial charge in [0.15, 0.2) is 5.65 Å². The number of hydrogen-bond acceptors (Lipinski definition) is 3. The van der Waals surface area contributed by atoms with Gasteiger partial charge in [0.2, 0.25) is 10.9 Å². The Morgan fingerprint density at radius 3 is 2.50 bits per heavy atom. The number of aryl methyl sites for hydroxylation is 2. The van der Waals surface area contributed by atoms with Gasteiger partial charge in [0.25, 0.3) is 0 Å². The first kappa shape index (κ1) is 16.9. The first-order chi connectivity index (χ1) is 12.4. The quantitative estimate of drug-likeness (QED) is 0.546. The zero-order valence-electron chi connectivity index (χ0n) is 14.2. The predicted octanol–water partition coefficient (Wildman–Crippen LogP) is 3.61. The first-order valence-electron chi connectivity index (χ1n) is 7.97. The third-order valence-corrected chi connectivity index (χ3v) is 4.86. The van der Waals surface area contributed by atoms with E-state index < -0.39 is 0 Å². The molecule has 6 nitrogen and oxygen atoms in total. The Balaban J connectivity index is 1.71. The number of fused-ring (bicyclic) bond motifs is 1. The van der Waals surface area contributed by atoms with Crippen molar-refractivity contribution in [2.24, 2.45) is 14.1 Å². The van der Waals surface area contributed by atoms with E-state index in [1.54, 1.807) is 10.8 Å². The number of nitrogens with one attached hydrogen (secondary N) is 1. The molecule has 0 spiro atoms. The van der Waals surface area contributed by atoms with Crippen LogP contribution in [0.1, 0.15) is 5.56 Å². The fraction of sp³-hybridized carbons (Fsp3) is 0.167. The summed E-state index contributed by atoms with van der Waals surface area (Å²) in [5, 5.41) is 9.24. The number of rotatable bonds is 3. The van der Waals surface area contributed by atoms with Gasteiger partial charge in [-0.3, -0.25) is 9.98 Å². The molecule has 0 unspecified atom stereocenters. The Kier molecular flexibility index (Phi) is 4.09. The van der Waals surface area contributed by atoms with E-state index in [1.807, 2.05) is 47.6 Å². The van der Waals surface area contributed by atoms with Gasteiger partial charge in [0.1, 0.15) is 5.52 Å². The molecule has 4 aromatic rings. The maximum Gasteiger partial charge on any atom is 0.224 e. The van der Waals surface area contributed by atoms with E-state index in [1.165, 1.54) is 0 Å². The van der Waals surface area contributed by atoms with Crippen LogP contribution >= 0.6 is 23.2 Å². The minimum atomic E-state index is 0.174. The van der Waals surface area contributed by atoms with Crippen LogP contribution in [0.2, 0.25) is 10.3 Å². The van der Waals surface area contributed by atoms with Gasteiger partial charge in [-0.25, -0.2) is 4.98 Å². The van der Waals surface area contributed by atoms with Crippen molar-refractivity contribution in [1.29, 1.82) is 5.41 Å². The summed E-state index contributed by atoms with van der Waals surface area (Å²) in [6.45, 7) is 0.525. The lowest BCUT2D eigenvalue weighted by molar-refractivity contribution is 0.691. The van der Waals surface area contributed by atoms with E-state index >= 15 is 0 Å². The fourth-order valence-corrected chi connectivity index (χ4v) is 3.48. The topological polar surface area (TPSA) is 64.4 Å².